The van der Waals surface area contributed by atoms with Gasteiger partial charge in [0.25, 0.3) is 11.9 Å². The number of hydrogen-bond donors (Lipinski definition) is 4. The molecule has 1 aromatic heterocycles. The van der Waals surface area contributed by atoms with E-state index in [2.05, 4.69) is 20.6 Å². The lowest BCUT2D eigenvalue weighted by Crippen LogP contribution is -2.18. The summed E-state index contributed by atoms with van der Waals surface area (Å²) in [6.07, 6.45) is -3.13. The summed E-state index contributed by atoms with van der Waals surface area (Å²) < 4.78 is 50.4. The van der Waals surface area contributed by atoms with Crippen molar-refractivity contribution in [3.05, 3.63) is 71.4 Å². The molecule has 0 aliphatic rings. The van der Waals surface area contributed by atoms with Crippen molar-refractivity contribution in [1.29, 1.82) is 5.41 Å². The predicted octanol–water partition coefficient (Wildman–Crippen LogP) is 5.12. The molecule has 2 amide bonds. The van der Waals surface area contributed by atoms with Crippen LogP contribution in [0.1, 0.15) is 28.4 Å². The predicted molar refractivity (Wildman–Crippen MR) is 143 cm³/mol. The maximum Gasteiger partial charge on any atom is 0.416 e. The molecule has 0 spiro atoms. The van der Waals surface area contributed by atoms with Gasteiger partial charge in [-0.2, -0.15) is 13.2 Å². The highest BCUT2D eigenvalue weighted by molar-refractivity contribution is 6.06. The van der Waals surface area contributed by atoms with Crippen LogP contribution in [0.4, 0.5) is 24.8 Å². The minimum Gasteiger partial charge on any atom is -0.492 e. The fraction of sp³-hybridized carbons (Fsp3) is 0.148. The number of alkyl halides is 3. The Morgan fingerprint density at radius 3 is 2.42 bits per heavy atom. The lowest BCUT2D eigenvalue weighted by Gasteiger charge is -2.18. The SMILES string of the molecule is COc1c(-c2cc(C(=O)Nc3cccc(C(F)(F)F)c3)ccc2C)cc2cnc(NC(C)=O)nc2c1OC(=N)N. The van der Waals surface area contributed by atoms with Crippen LogP contribution in [0.5, 0.6) is 11.5 Å². The number of benzene rings is 3. The summed E-state index contributed by atoms with van der Waals surface area (Å²) in [5.74, 6) is -0.923. The Morgan fingerprint density at radius 1 is 1.02 bits per heavy atom. The molecule has 0 bridgehead atoms. The summed E-state index contributed by atoms with van der Waals surface area (Å²) in [7, 11) is 1.37. The summed E-state index contributed by atoms with van der Waals surface area (Å²) in [6.45, 7) is 3.08. The van der Waals surface area contributed by atoms with Crippen LogP contribution in [-0.2, 0) is 11.0 Å². The van der Waals surface area contributed by atoms with Crippen LogP contribution in [-0.4, -0.2) is 34.9 Å². The second-order valence-electron chi connectivity index (χ2n) is 8.63. The van der Waals surface area contributed by atoms with Gasteiger partial charge < -0.3 is 20.5 Å². The van der Waals surface area contributed by atoms with Gasteiger partial charge in [0.2, 0.25) is 11.9 Å². The number of nitrogens with zero attached hydrogens (tertiary/aromatic N) is 2. The van der Waals surface area contributed by atoms with E-state index in [1.54, 1.807) is 25.1 Å². The van der Waals surface area contributed by atoms with Gasteiger partial charge in [0.05, 0.1) is 12.7 Å². The molecule has 0 radical (unpaired) electrons. The molecule has 5 N–H and O–H groups in total. The summed E-state index contributed by atoms with van der Waals surface area (Å²) in [4.78, 5) is 33.0. The second-order valence-corrected chi connectivity index (χ2v) is 8.63. The van der Waals surface area contributed by atoms with Gasteiger partial charge in [-0.05, 0) is 54.4 Å². The number of nitrogens with two attached hydrogens (primary N) is 1. The Labute approximate surface area is 225 Å². The zero-order chi connectivity index (χ0) is 29.2. The third-order valence-corrected chi connectivity index (χ3v) is 5.72. The van der Waals surface area contributed by atoms with Gasteiger partial charge in [0.15, 0.2) is 11.5 Å². The van der Waals surface area contributed by atoms with E-state index >= 15 is 0 Å². The number of amides is 2. The molecule has 3 aromatic carbocycles. The van der Waals surface area contributed by atoms with E-state index < -0.39 is 29.6 Å². The molecule has 0 saturated carbocycles. The van der Waals surface area contributed by atoms with E-state index in [1.807, 2.05) is 0 Å². The van der Waals surface area contributed by atoms with E-state index in [4.69, 9.17) is 20.6 Å². The Kier molecular flexibility index (Phi) is 7.57. The number of aromatic nitrogens is 2. The quantitative estimate of drug-likeness (QED) is 0.191. The van der Waals surface area contributed by atoms with E-state index in [9.17, 15) is 22.8 Å². The standard InChI is InChI=1S/C27H23F3N6O4/c1-13-7-8-15(24(38)35-18-6-4-5-17(11-18)27(28,29)30)9-19(13)20-10-16-12-33-26(34-14(2)37)36-21(16)23(22(20)39-3)40-25(31)32/h4-12H,1-3H3,(H3,31,32)(H,35,38)(H,33,34,36,37). The Balaban J connectivity index is 1.82. The summed E-state index contributed by atoms with van der Waals surface area (Å²) in [5, 5.41) is 13.1. The van der Waals surface area contributed by atoms with Crippen LogP contribution in [0.25, 0.3) is 22.0 Å². The third kappa shape index (κ3) is 5.93. The monoisotopic (exact) mass is 552 g/mol. The minimum absolute atomic E-state index is 0.00681. The Hall–Kier alpha value is -5.20. The number of nitrogens with one attached hydrogen (secondary N) is 3. The second kappa shape index (κ2) is 10.9. The number of fused-ring (bicyclic) bond motifs is 1. The molecule has 4 aromatic rings. The molecule has 4 rings (SSSR count). The van der Waals surface area contributed by atoms with Gasteiger partial charge in [-0.15, -0.1) is 0 Å². The molecule has 0 atom stereocenters. The number of halogens is 3. The fourth-order valence-electron chi connectivity index (χ4n) is 3.98. The first-order valence-electron chi connectivity index (χ1n) is 11.6. The first kappa shape index (κ1) is 27.8. The minimum atomic E-state index is -4.56. The van der Waals surface area contributed by atoms with Gasteiger partial charge in [-0.1, -0.05) is 12.1 Å². The third-order valence-electron chi connectivity index (χ3n) is 5.72. The first-order valence-corrected chi connectivity index (χ1v) is 11.6. The topological polar surface area (TPSA) is 152 Å². The summed E-state index contributed by atoms with van der Waals surface area (Å²) >= 11 is 0. The number of anilines is 2. The van der Waals surface area contributed by atoms with Gasteiger partial charge >= 0.3 is 6.18 Å². The number of carbonyl (C=O) groups is 2. The average Bonchev–Trinajstić information content (AvgIpc) is 2.88. The molecule has 0 saturated heterocycles. The zero-order valence-electron chi connectivity index (χ0n) is 21.4. The van der Waals surface area contributed by atoms with Crippen LogP contribution < -0.4 is 25.8 Å². The van der Waals surface area contributed by atoms with Crippen LogP contribution >= 0.6 is 0 Å². The molecular formula is C27H23F3N6O4. The van der Waals surface area contributed by atoms with Crippen molar-refractivity contribution in [2.45, 2.75) is 20.0 Å². The maximum atomic E-state index is 13.1. The number of carbonyl (C=O) groups excluding carboxylic acids is 2. The number of hydrogen-bond acceptors (Lipinski definition) is 7. The van der Waals surface area contributed by atoms with Crippen molar-refractivity contribution in [2.24, 2.45) is 5.73 Å². The molecule has 0 fully saturated rings. The molecule has 1 heterocycles. The van der Waals surface area contributed by atoms with E-state index in [0.29, 0.717) is 16.5 Å². The number of ether oxygens (including phenoxy) is 2. The van der Waals surface area contributed by atoms with Crippen molar-refractivity contribution in [3.8, 4) is 22.6 Å². The summed E-state index contributed by atoms with van der Waals surface area (Å²) in [6, 6.07) is 10.1. The van der Waals surface area contributed by atoms with Crippen molar-refractivity contribution in [3.63, 3.8) is 0 Å². The van der Waals surface area contributed by atoms with Crippen LogP contribution in [0.2, 0.25) is 0 Å². The van der Waals surface area contributed by atoms with Crippen molar-refractivity contribution < 1.29 is 32.2 Å². The highest BCUT2D eigenvalue weighted by Gasteiger charge is 2.30. The molecule has 206 valence electrons. The van der Waals surface area contributed by atoms with Crippen molar-refractivity contribution in [1.82, 2.24) is 9.97 Å². The molecule has 40 heavy (non-hydrogen) atoms. The lowest BCUT2D eigenvalue weighted by molar-refractivity contribution is -0.137. The zero-order valence-corrected chi connectivity index (χ0v) is 21.4. The van der Waals surface area contributed by atoms with Gasteiger partial charge in [0.1, 0.15) is 5.52 Å². The van der Waals surface area contributed by atoms with Crippen molar-refractivity contribution in [2.75, 3.05) is 17.7 Å². The van der Waals surface area contributed by atoms with E-state index in [0.717, 1.165) is 17.7 Å². The molecule has 0 unspecified atom stereocenters. The highest BCUT2D eigenvalue weighted by Crippen LogP contribution is 2.44. The van der Waals surface area contributed by atoms with Gasteiger partial charge in [-0.3, -0.25) is 20.3 Å². The van der Waals surface area contributed by atoms with Crippen LogP contribution in [0.3, 0.4) is 0 Å². The lowest BCUT2D eigenvalue weighted by atomic mass is 9.95. The summed E-state index contributed by atoms with van der Waals surface area (Å²) in [5.41, 5.74) is 6.65. The van der Waals surface area contributed by atoms with Crippen molar-refractivity contribution >= 4 is 40.4 Å². The van der Waals surface area contributed by atoms with E-state index in [1.165, 1.54) is 38.4 Å². The molecular weight excluding hydrogens is 529 g/mol. The fourth-order valence-corrected chi connectivity index (χ4v) is 3.98. The molecule has 13 heteroatoms. The molecule has 0 aliphatic carbocycles. The van der Waals surface area contributed by atoms with Gasteiger partial charge in [-0.25, -0.2) is 9.97 Å². The Morgan fingerprint density at radius 2 is 1.77 bits per heavy atom. The molecule has 0 aliphatic heterocycles. The van der Waals surface area contributed by atoms with Gasteiger partial charge in [0, 0.05) is 35.3 Å². The van der Waals surface area contributed by atoms with E-state index in [-0.39, 0.29) is 34.2 Å². The normalized spacial score (nSPS) is 11.2. The average molecular weight is 553 g/mol. The largest absolute Gasteiger partial charge is 0.492 e. The smallest absolute Gasteiger partial charge is 0.416 e. The number of amidine groups is 1. The first-order chi connectivity index (χ1) is 18.9. The van der Waals surface area contributed by atoms with Crippen LogP contribution in [0.15, 0.2) is 54.7 Å². The number of rotatable bonds is 6. The van der Waals surface area contributed by atoms with Crippen LogP contribution in [0, 0.1) is 12.3 Å². The number of methoxy groups -OCH3 is 1. The number of aryl methyl sites for hydroxylation is 1. The molecule has 10 nitrogen and oxygen atoms in total. The maximum absolute atomic E-state index is 13.1. The highest BCUT2D eigenvalue weighted by atomic mass is 19.4. The Bertz CT molecular complexity index is 1660.